The molecule has 0 bridgehead atoms. The van der Waals surface area contributed by atoms with E-state index >= 15 is 0 Å². The summed E-state index contributed by atoms with van der Waals surface area (Å²) in [5, 5.41) is 12.7. The summed E-state index contributed by atoms with van der Waals surface area (Å²) in [7, 11) is 0. The highest BCUT2D eigenvalue weighted by molar-refractivity contribution is 5.93. The Morgan fingerprint density at radius 1 is 1.20 bits per heavy atom. The summed E-state index contributed by atoms with van der Waals surface area (Å²) in [6, 6.07) is 15.2. The zero-order valence-corrected chi connectivity index (χ0v) is 16.4. The van der Waals surface area contributed by atoms with Crippen LogP contribution in [0.15, 0.2) is 60.9 Å². The van der Waals surface area contributed by atoms with Crippen molar-refractivity contribution in [1.82, 2.24) is 9.88 Å². The molecule has 1 fully saturated rings. The second kappa shape index (κ2) is 7.54. The molecule has 0 spiro atoms. The van der Waals surface area contributed by atoms with Gasteiger partial charge in [0.05, 0.1) is 23.5 Å². The topological polar surface area (TPSA) is 65.5 Å². The summed E-state index contributed by atoms with van der Waals surface area (Å²) in [4.78, 5) is 18.0. The third-order valence-electron chi connectivity index (χ3n) is 5.99. The van der Waals surface area contributed by atoms with Gasteiger partial charge >= 0.3 is 5.97 Å². The van der Waals surface area contributed by atoms with Crippen molar-refractivity contribution in [3.8, 4) is 11.1 Å². The highest BCUT2D eigenvalue weighted by Crippen LogP contribution is 2.43. The van der Waals surface area contributed by atoms with Crippen LogP contribution in [0.1, 0.15) is 40.4 Å². The van der Waals surface area contributed by atoms with Crippen LogP contribution in [0.2, 0.25) is 0 Å². The van der Waals surface area contributed by atoms with Crippen LogP contribution < -0.4 is 5.32 Å². The van der Waals surface area contributed by atoms with Crippen molar-refractivity contribution in [2.45, 2.75) is 31.5 Å². The van der Waals surface area contributed by atoms with Crippen molar-refractivity contribution in [1.29, 1.82) is 0 Å². The molecule has 5 rings (SSSR count). The van der Waals surface area contributed by atoms with Crippen molar-refractivity contribution >= 4 is 11.7 Å². The molecule has 0 amide bonds. The average molecular weight is 403 g/mol. The van der Waals surface area contributed by atoms with Gasteiger partial charge in [-0.3, -0.25) is 9.88 Å². The number of nitrogens with zero attached hydrogens (tertiary/aromatic N) is 2. The molecular weight excluding hydrogens is 381 g/mol. The Labute approximate surface area is 174 Å². The number of aromatic nitrogens is 1. The number of anilines is 1. The Bertz CT molecular complexity index is 1110. The Morgan fingerprint density at radius 3 is 2.80 bits per heavy atom. The molecule has 2 aliphatic rings. The minimum absolute atomic E-state index is 0.143. The zero-order valence-electron chi connectivity index (χ0n) is 16.4. The van der Waals surface area contributed by atoms with E-state index in [1.807, 2.05) is 12.1 Å². The number of nitrogens with one attached hydrogen (secondary N) is 1. The molecule has 0 unspecified atom stereocenters. The number of hydrogen-bond donors (Lipinski definition) is 2. The highest BCUT2D eigenvalue weighted by atomic mass is 19.1. The molecule has 3 aromatic rings. The smallest absolute Gasteiger partial charge is 0.337 e. The second-order valence-corrected chi connectivity index (χ2v) is 7.92. The molecule has 1 aliphatic carbocycles. The zero-order chi connectivity index (χ0) is 20.7. The van der Waals surface area contributed by atoms with Gasteiger partial charge in [0.1, 0.15) is 5.82 Å². The number of rotatable bonds is 6. The Kier molecular flexibility index (Phi) is 4.71. The lowest BCUT2D eigenvalue weighted by Crippen LogP contribution is -2.29. The molecule has 1 atom stereocenters. The van der Waals surface area contributed by atoms with Crippen LogP contribution in [-0.4, -0.2) is 33.5 Å². The largest absolute Gasteiger partial charge is 0.478 e. The molecule has 30 heavy (non-hydrogen) atoms. The quantitative estimate of drug-likeness (QED) is 0.624. The van der Waals surface area contributed by atoms with Crippen molar-refractivity contribution in [3.63, 3.8) is 0 Å². The van der Waals surface area contributed by atoms with E-state index in [2.05, 4.69) is 27.3 Å². The molecule has 0 saturated heterocycles. The molecule has 152 valence electrons. The van der Waals surface area contributed by atoms with Crippen molar-refractivity contribution in [2.75, 3.05) is 11.9 Å². The number of carbonyl (C=O) groups is 1. The van der Waals surface area contributed by atoms with Gasteiger partial charge in [0.25, 0.3) is 0 Å². The Hall–Kier alpha value is -3.25. The first-order chi connectivity index (χ1) is 14.6. The van der Waals surface area contributed by atoms with Gasteiger partial charge in [0, 0.05) is 30.9 Å². The van der Waals surface area contributed by atoms with Crippen molar-refractivity contribution in [2.24, 2.45) is 0 Å². The van der Waals surface area contributed by atoms with Gasteiger partial charge < -0.3 is 10.4 Å². The number of carboxylic acids is 1. The van der Waals surface area contributed by atoms with Crippen LogP contribution in [-0.2, 0) is 6.54 Å². The monoisotopic (exact) mass is 403 g/mol. The normalized spacial score (nSPS) is 18.2. The van der Waals surface area contributed by atoms with E-state index in [0.29, 0.717) is 23.8 Å². The maximum atomic E-state index is 14.3. The van der Waals surface area contributed by atoms with E-state index in [9.17, 15) is 14.3 Å². The fourth-order valence-corrected chi connectivity index (χ4v) is 4.36. The van der Waals surface area contributed by atoms with E-state index < -0.39 is 5.97 Å². The van der Waals surface area contributed by atoms with E-state index in [0.717, 1.165) is 12.1 Å². The van der Waals surface area contributed by atoms with E-state index in [1.165, 1.54) is 42.3 Å². The van der Waals surface area contributed by atoms with Crippen molar-refractivity contribution in [3.05, 3.63) is 83.4 Å². The molecule has 2 heterocycles. The van der Waals surface area contributed by atoms with E-state index in [1.54, 1.807) is 18.3 Å². The summed E-state index contributed by atoms with van der Waals surface area (Å²) in [6.45, 7) is 1.42. The number of pyridine rings is 1. The second-order valence-electron chi connectivity index (χ2n) is 7.92. The molecule has 5 nitrogen and oxygen atoms in total. The third-order valence-corrected chi connectivity index (χ3v) is 5.99. The average Bonchev–Trinajstić information content (AvgIpc) is 3.54. The first-order valence-corrected chi connectivity index (χ1v) is 10.2. The van der Waals surface area contributed by atoms with Crippen LogP contribution in [0.3, 0.4) is 0 Å². The predicted molar refractivity (Wildman–Crippen MR) is 113 cm³/mol. The third kappa shape index (κ3) is 3.44. The molecule has 2 aromatic carbocycles. The summed E-state index contributed by atoms with van der Waals surface area (Å²) >= 11 is 0. The van der Waals surface area contributed by atoms with Crippen molar-refractivity contribution < 1.29 is 14.3 Å². The maximum absolute atomic E-state index is 14.3. The molecule has 2 N–H and O–H groups in total. The molecule has 1 saturated carbocycles. The summed E-state index contributed by atoms with van der Waals surface area (Å²) in [6.07, 6.45) is 5.40. The van der Waals surface area contributed by atoms with Crippen LogP contribution in [0, 0.1) is 5.82 Å². The van der Waals surface area contributed by atoms with Gasteiger partial charge in [-0.2, -0.15) is 0 Å². The van der Waals surface area contributed by atoms with Gasteiger partial charge in [-0.15, -0.1) is 0 Å². The van der Waals surface area contributed by atoms with Gasteiger partial charge in [0.15, 0.2) is 0 Å². The molecule has 1 aromatic heterocycles. The van der Waals surface area contributed by atoms with Crippen LogP contribution in [0.4, 0.5) is 10.1 Å². The molecule has 0 radical (unpaired) electrons. The van der Waals surface area contributed by atoms with Gasteiger partial charge in [-0.25, -0.2) is 9.18 Å². The standard InChI is InChI=1S/C24H22FN3O2/c25-21-4-2-1-3-18(21)15-5-8-19-16(11-15)14-28(17-6-7-17)23(19)13-27-22-12-26-10-9-20(22)24(29)30/h1-5,8-12,17,23,27H,6-7,13-14H2,(H,29,30)/t23-/m1/s1. The van der Waals surface area contributed by atoms with Gasteiger partial charge in [-0.1, -0.05) is 30.3 Å². The summed E-state index contributed by atoms with van der Waals surface area (Å²) < 4.78 is 14.3. The lowest BCUT2D eigenvalue weighted by molar-refractivity contribution is 0.0697. The number of benzene rings is 2. The SMILES string of the molecule is O=C(O)c1ccncc1NC[C@@H]1c2ccc(-c3ccccc3F)cc2CN1C1CC1. The maximum Gasteiger partial charge on any atom is 0.337 e. The first kappa shape index (κ1) is 18.8. The van der Waals surface area contributed by atoms with Crippen LogP contribution >= 0.6 is 0 Å². The minimum Gasteiger partial charge on any atom is -0.478 e. The van der Waals surface area contributed by atoms with E-state index in [-0.39, 0.29) is 17.4 Å². The summed E-state index contributed by atoms with van der Waals surface area (Å²) in [5.41, 5.74) is 4.67. The molecule has 1 aliphatic heterocycles. The van der Waals surface area contributed by atoms with Crippen LogP contribution in [0.25, 0.3) is 11.1 Å². The predicted octanol–water partition coefficient (Wildman–Crippen LogP) is 4.72. The number of hydrogen-bond acceptors (Lipinski definition) is 4. The first-order valence-electron chi connectivity index (χ1n) is 10.2. The summed E-state index contributed by atoms with van der Waals surface area (Å²) in [5.74, 6) is -1.19. The van der Waals surface area contributed by atoms with E-state index in [4.69, 9.17) is 0 Å². The number of fused-ring (bicyclic) bond motifs is 1. The lowest BCUT2D eigenvalue weighted by atomic mass is 9.97. The Morgan fingerprint density at radius 2 is 2.03 bits per heavy atom. The molecular formula is C24H22FN3O2. The van der Waals surface area contributed by atoms with Gasteiger partial charge in [-0.05, 0) is 47.7 Å². The lowest BCUT2D eigenvalue weighted by Gasteiger charge is -2.25. The number of carboxylic acid groups (broad SMARTS) is 1. The fraction of sp³-hybridized carbons (Fsp3) is 0.250. The van der Waals surface area contributed by atoms with Crippen LogP contribution in [0.5, 0.6) is 0 Å². The number of halogens is 1. The highest BCUT2D eigenvalue weighted by Gasteiger charge is 2.39. The minimum atomic E-state index is -0.972. The number of aromatic carboxylic acids is 1. The van der Waals surface area contributed by atoms with Gasteiger partial charge in [0.2, 0.25) is 0 Å². The fourth-order valence-electron chi connectivity index (χ4n) is 4.36. The molecule has 6 heteroatoms. The Balaban J connectivity index is 1.43.